The number of carbonyl (C=O) groups excluding carboxylic acids is 1. The first kappa shape index (κ1) is 20.8. The van der Waals surface area contributed by atoms with Crippen LogP contribution in [0, 0.1) is 13.8 Å². The Bertz CT molecular complexity index is 824. The highest BCUT2D eigenvalue weighted by molar-refractivity contribution is 5.94. The smallest absolute Gasteiger partial charge is 0.253 e. The fourth-order valence-electron chi connectivity index (χ4n) is 4.48. The normalized spacial score (nSPS) is 21.4. The van der Waals surface area contributed by atoms with E-state index in [2.05, 4.69) is 16.2 Å². The Balaban J connectivity index is 0.00000225. The van der Waals surface area contributed by atoms with E-state index in [4.69, 9.17) is 10.3 Å². The van der Waals surface area contributed by atoms with Gasteiger partial charge in [-0.3, -0.25) is 4.79 Å². The van der Waals surface area contributed by atoms with Crippen LogP contribution in [0.25, 0.3) is 0 Å². The Labute approximate surface area is 172 Å². The predicted molar refractivity (Wildman–Crippen MR) is 110 cm³/mol. The van der Waals surface area contributed by atoms with Gasteiger partial charge in [0.2, 0.25) is 5.89 Å². The van der Waals surface area contributed by atoms with Crippen LogP contribution in [0.5, 0.6) is 0 Å². The molecule has 1 aromatic carbocycles. The summed E-state index contributed by atoms with van der Waals surface area (Å²) in [6.45, 7) is 5.43. The van der Waals surface area contributed by atoms with Gasteiger partial charge in [-0.2, -0.15) is 4.98 Å². The van der Waals surface area contributed by atoms with Crippen molar-refractivity contribution in [3.8, 4) is 0 Å². The molecule has 0 radical (unpaired) electrons. The number of halogens is 1. The summed E-state index contributed by atoms with van der Waals surface area (Å²) in [4.78, 5) is 19.5. The molecule has 152 valence electrons. The Morgan fingerprint density at radius 3 is 2.54 bits per heavy atom. The number of piperidine rings is 1. The van der Waals surface area contributed by atoms with Crippen molar-refractivity contribution >= 4 is 18.3 Å². The largest absolute Gasteiger partial charge is 0.339 e. The minimum absolute atomic E-state index is 0. The monoisotopic (exact) mass is 404 g/mol. The summed E-state index contributed by atoms with van der Waals surface area (Å²) < 4.78 is 5.57. The lowest BCUT2D eigenvalue weighted by Gasteiger charge is -2.31. The third kappa shape index (κ3) is 4.08. The van der Waals surface area contributed by atoms with E-state index in [1.165, 1.54) is 0 Å². The molecule has 1 saturated carbocycles. The second-order valence-electron chi connectivity index (χ2n) is 8.29. The van der Waals surface area contributed by atoms with Crippen LogP contribution >= 0.6 is 12.4 Å². The van der Waals surface area contributed by atoms with Crippen LogP contribution in [-0.4, -0.2) is 34.0 Å². The van der Waals surface area contributed by atoms with Gasteiger partial charge in [-0.05, 0) is 51.7 Å². The number of nitrogens with two attached hydrogens (primary N) is 1. The fourth-order valence-corrected chi connectivity index (χ4v) is 4.48. The van der Waals surface area contributed by atoms with E-state index < -0.39 is 5.54 Å². The number of aromatic nitrogens is 2. The molecule has 1 saturated heterocycles. The minimum Gasteiger partial charge on any atom is -0.339 e. The van der Waals surface area contributed by atoms with Crippen molar-refractivity contribution < 1.29 is 9.32 Å². The molecule has 1 aliphatic heterocycles. The summed E-state index contributed by atoms with van der Waals surface area (Å²) in [6, 6.07) is 6.01. The lowest BCUT2D eigenvalue weighted by molar-refractivity contribution is 0.0695. The standard InChI is InChI=1S/C21H28N4O2.ClH/c1-14-10-15(2)12-17(11-14)19(26)25-9-5-6-16(13-25)18-23-20(24-27-18)21(22)7-3-4-8-21;/h10-12,16H,3-9,13,22H2,1-2H3;1H. The van der Waals surface area contributed by atoms with Crippen LogP contribution in [0.15, 0.2) is 22.7 Å². The summed E-state index contributed by atoms with van der Waals surface area (Å²) in [6.07, 6.45) is 5.94. The molecule has 1 atom stereocenters. The van der Waals surface area contributed by atoms with Gasteiger partial charge in [0.25, 0.3) is 5.91 Å². The topological polar surface area (TPSA) is 85.2 Å². The highest BCUT2D eigenvalue weighted by Gasteiger charge is 2.37. The average Bonchev–Trinajstić information content (AvgIpc) is 3.30. The molecule has 7 heteroatoms. The number of hydrogen-bond acceptors (Lipinski definition) is 5. The Morgan fingerprint density at radius 2 is 1.86 bits per heavy atom. The van der Waals surface area contributed by atoms with E-state index >= 15 is 0 Å². The highest BCUT2D eigenvalue weighted by atomic mass is 35.5. The number of rotatable bonds is 3. The van der Waals surface area contributed by atoms with Gasteiger partial charge in [0.15, 0.2) is 5.82 Å². The SMILES string of the molecule is Cc1cc(C)cc(C(=O)N2CCCC(c3nc(C4(N)CCCC4)no3)C2)c1.Cl. The van der Waals surface area contributed by atoms with Gasteiger partial charge in [0.05, 0.1) is 11.5 Å². The zero-order valence-electron chi connectivity index (χ0n) is 16.6. The average molecular weight is 405 g/mol. The first-order chi connectivity index (χ1) is 12.9. The number of benzene rings is 1. The molecule has 28 heavy (non-hydrogen) atoms. The second-order valence-corrected chi connectivity index (χ2v) is 8.29. The Hall–Kier alpha value is -1.92. The maximum absolute atomic E-state index is 13.0. The number of nitrogens with zero attached hydrogens (tertiary/aromatic N) is 3. The van der Waals surface area contributed by atoms with Crippen LogP contribution < -0.4 is 5.73 Å². The number of amides is 1. The van der Waals surface area contributed by atoms with Crippen molar-refractivity contribution in [2.45, 2.75) is 63.8 Å². The van der Waals surface area contributed by atoms with E-state index in [0.29, 0.717) is 18.3 Å². The molecule has 6 nitrogen and oxygen atoms in total. The molecule has 2 aromatic rings. The molecule has 1 aliphatic carbocycles. The number of carbonyl (C=O) groups is 1. The third-order valence-corrected chi connectivity index (χ3v) is 5.91. The lowest BCUT2D eigenvalue weighted by Crippen LogP contribution is -2.39. The van der Waals surface area contributed by atoms with Crippen molar-refractivity contribution in [1.82, 2.24) is 15.0 Å². The quantitative estimate of drug-likeness (QED) is 0.839. The first-order valence-corrected chi connectivity index (χ1v) is 9.95. The van der Waals surface area contributed by atoms with Gasteiger partial charge < -0.3 is 15.2 Å². The molecule has 0 bridgehead atoms. The number of likely N-dealkylation sites (tertiary alicyclic amines) is 1. The van der Waals surface area contributed by atoms with Crippen LogP contribution in [-0.2, 0) is 5.54 Å². The van der Waals surface area contributed by atoms with Crippen molar-refractivity contribution in [2.75, 3.05) is 13.1 Å². The molecule has 2 heterocycles. The van der Waals surface area contributed by atoms with Gasteiger partial charge in [-0.15, -0.1) is 12.4 Å². The van der Waals surface area contributed by atoms with Crippen molar-refractivity contribution in [3.05, 3.63) is 46.6 Å². The molecule has 2 aliphatic rings. The Kier molecular flexibility index (Phi) is 6.10. The molecule has 2 fully saturated rings. The zero-order chi connectivity index (χ0) is 19.0. The fraction of sp³-hybridized carbons (Fsp3) is 0.571. The van der Waals surface area contributed by atoms with E-state index in [1.54, 1.807) is 0 Å². The van der Waals surface area contributed by atoms with E-state index in [9.17, 15) is 4.79 Å². The minimum atomic E-state index is -0.439. The molecule has 4 rings (SSSR count). The summed E-state index contributed by atoms with van der Waals surface area (Å²) in [7, 11) is 0. The van der Waals surface area contributed by atoms with Crippen molar-refractivity contribution in [3.63, 3.8) is 0 Å². The highest BCUT2D eigenvalue weighted by Crippen LogP contribution is 2.36. The second kappa shape index (κ2) is 8.21. The lowest BCUT2D eigenvalue weighted by atomic mass is 9.96. The maximum Gasteiger partial charge on any atom is 0.253 e. The summed E-state index contributed by atoms with van der Waals surface area (Å²) >= 11 is 0. The molecule has 1 aromatic heterocycles. The van der Waals surface area contributed by atoms with Gasteiger partial charge in [0.1, 0.15) is 0 Å². The predicted octanol–water partition coefficient (Wildman–Crippen LogP) is 3.86. The van der Waals surface area contributed by atoms with Crippen LogP contribution in [0.2, 0.25) is 0 Å². The van der Waals surface area contributed by atoms with Crippen LogP contribution in [0.3, 0.4) is 0 Å². The molecule has 1 unspecified atom stereocenters. The van der Waals surface area contributed by atoms with Crippen molar-refractivity contribution in [1.29, 1.82) is 0 Å². The Morgan fingerprint density at radius 1 is 1.18 bits per heavy atom. The molecule has 2 N–H and O–H groups in total. The van der Waals surface area contributed by atoms with Crippen LogP contribution in [0.4, 0.5) is 0 Å². The van der Waals surface area contributed by atoms with Gasteiger partial charge in [0, 0.05) is 18.7 Å². The van der Waals surface area contributed by atoms with E-state index in [0.717, 1.165) is 61.8 Å². The third-order valence-electron chi connectivity index (χ3n) is 5.91. The molecule has 1 amide bonds. The molecular formula is C21H29ClN4O2. The zero-order valence-corrected chi connectivity index (χ0v) is 17.4. The van der Waals surface area contributed by atoms with Gasteiger partial charge >= 0.3 is 0 Å². The number of aryl methyl sites for hydroxylation is 2. The van der Waals surface area contributed by atoms with Crippen molar-refractivity contribution in [2.24, 2.45) is 5.73 Å². The molecule has 0 spiro atoms. The first-order valence-electron chi connectivity index (χ1n) is 9.95. The van der Waals surface area contributed by atoms with E-state index in [-0.39, 0.29) is 24.2 Å². The summed E-state index contributed by atoms with van der Waals surface area (Å²) in [5, 5.41) is 4.18. The molecular weight excluding hydrogens is 376 g/mol. The summed E-state index contributed by atoms with van der Waals surface area (Å²) in [5.74, 6) is 1.42. The van der Waals surface area contributed by atoms with Crippen LogP contribution in [0.1, 0.15) is 77.6 Å². The maximum atomic E-state index is 13.0. The summed E-state index contributed by atoms with van der Waals surface area (Å²) in [5.41, 5.74) is 8.99. The number of hydrogen-bond donors (Lipinski definition) is 1. The van der Waals surface area contributed by atoms with Gasteiger partial charge in [-0.25, -0.2) is 0 Å². The van der Waals surface area contributed by atoms with E-state index in [1.807, 2.05) is 30.9 Å². The van der Waals surface area contributed by atoms with Gasteiger partial charge in [-0.1, -0.05) is 35.2 Å².